The zero-order valence-corrected chi connectivity index (χ0v) is 18.2. The molecule has 168 valence electrons. The van der Waals surface area contributed by atoms with E-state index < -0.39 is 42.5 Å². The summed E-state index contributed by atoms with van der Waals surface area (Å²) in [6.45, 7) is 3.42. The van der Waals surface area contributed by atoms with Crippen LogP contribution in [0.5, 0.6) is 5.75 Å². The lowest BCUT2D eigenvalue weighted by Crippen LogP contribution is -2.54. The summed E-state index contributed by atoms with van der Waals surface area (Å²) < 4.78 is 28.6. The Morgan fingerprint density at radius 2 is 1.84 bits per heavy atom. The second kappa shape index (κ2) is 10.1. The summed E-state index contributed by atoms with van der Waals surface area (Å²) in [5, 5.41) is 12.2. The maximum Gasteiger partial charge on any atom is 0.303 e. The van der Waals surface area contributed by atoms with Crippen LogP contribution in [0.25, 0.3) is 10.1 Å². The van der Waals surface area contributed by atoms with Crippen molar-refractivity contribution in [2.45, 2.75) is 58.4 Å². The van der Waals surface area contributed by atoms with Crippen molar-refractivity contribution in [1.29, 1.82) is 0 Å². The van der Waals surface area contributed by atoms with Gasteiger partial charge in [-0.3, -0.25) is 14.4 Å². The molecule has 1 saturated heterocycles. The standard InChI is InChI=1S/C21H24O9S/c1-11(23)26-10-18-20(28-13(3)25)17(27-12(2)24)8-19(30-18)29-16-5-4-14(9-22)21-15(16)6-7-31-21/h4-7,17-20,22H,8-10H2,1-3H3/t17-,18-,19-,20-/m1/s1. The largest absolute Gasteiger partial charge is 0.464 e. The first-order valence-electron chi connectivity index (χ1n) is 9.68. The Balaban J connectivity index is 1.86. The van der Waals surface area contributed by atoms with Crippen molar-refractivity contribution in [2.75, 3.05) is 6.61 Å². The summed E-state index contributed by atoms with van der Waals surface area (Å²) >= 11 is 1.48. The van der Waals surface area contributed by atoms with E-state index in [1.54, 1.807) is 12.1 Å². The average Bonchev–Trinajstić information content (AvgIpc) is 3.18. The molecule has 0 saturated carbocycles. The smallest absolute Gasteiger partial charge is 0.303 e. The zero-order valence-electron chi connectivity index (χ0n) is 17.4. The molecule has 1 N–H and O–H groups in total. The van der Waals surface area contributed by atoms with Gasteiger partial charge in [0.1, 0.15) is 24.6 Å². The number of rotatable bonds is 7. The first kappa shape index (κ1) is 23.0. The van der Waals surface area contributed by atoms with Crippen LogP contribution in [0.1, 0.15) is 32.8 Å². The van der Waals surface area contributed by atoms with E-state index in [4.69, 9.17) is 23.7 Å². The maximum absolute atomic E-state index is 11.6. The van der Waals surface area contributed by atoms with E-state index in [-0.39, 0.29) is 19.6 Å². The molecule has 0 spiro atoms. The SMILES string of the molecule is CC(=O)OC[C@H]1O[C@@H](Oc2ccc(CO)c3sccc23)C[C@@H](OC(C)=O)[C@H]1OC(C)=O. The van der Waals surface area contributed by atoms with Gasteiger partial charge in [-0.1, -0.05) is 6.07 Å². The van der Waals surface area contributed by atoms with Gasteiger partial charge in [-0.2, -0.15) is 0 Å². The van der Waals surface area contributed by atoms with Crippen molar-refractivity contribution in [3.8, 4) is 5.75 Å². The van der Waals surface area contributed by atoms with Gasteiger partial charge in [0.15, 0.2) is 6.10 Å². The van der Waals surface area contributed by atoms with Gasteiger partial charge in [-0.15, -0.1) is 11.3 Å². The number of thiophene rings is 1. The van der Waals surface area contributed by atoms with E-state index in [0.717, 1.165) is 15.6 Å². The Morgan fingerprint density at radius 1 is 1.10 bits per heavy atom. The normalized spacial score (nSPS) is 23.2. The molecule has 9 nitrogen and oxygen atoms in total. The molecule has 0 bridgehead atoms. The first-order valence-corrected chi connectivity index (χ1v) is 10.6. The third-order valence-electron chi connectivity index (χ3n) is 4.64. The van der Waals surface area contributed by atoms with E-state index in [9.17, 15) is 19.5 Å². The zero-order chi connectivity index (χ0) is 22.5. The number of carbonyl (C=O) groups excluding carboxylic acids is 3. The number of esters is 3. The fourth-order valence-electron chi connectivity index (χ4n) is 3.44. The van der Waals surface area contributed by atoms with Crippen LogP contribution in [0.4, 0.5) is 0 Å². The summed E-state index contributed by atoms with van der Waals surface area (Å²) in [4.78, 5) is 34.5. The lowest BCUT2D eigenvalue weighted by Gasteiger charge is -2.39. The minimum atomic E-state index is -0.960. The van der Waals surface area contributed by atoms with Crippen molar-refractivity contribution in [1.82, 2.24) is 0 Å². The number of aliphatic hydroxyl groups excluding tert-OH is 1. The Hall–Kier alpha value is -2.69. The molecule has 0 radical (unpaired) electrons. The van der Waals surface area contributed by atoms with Crippen LogP contribution in [-0.2, 0) is 39.9 Å². The molecule has 1 aromatic heterocycles. The molecule has 2 heterocycles. The number of fused-ring (bicyclic) bond motifs is 1. The Labute approximate surface area is 182 Å². The van der Waals surface area contributed by atoms with Gasteiger partial charge in [0.05, 0.1) is 13.0 Å². The number of hydrogen-bond acceptors (Lipinski definition) is 10. The predicted octanol–water partition coefficient (Wildman–Crippen LogP) is 2.31. The summed E-state index contributed by atoms with van der Waals surface area (Å²) in [5.74, 6) is -1.15. The summed E-state index contributed by atoms with van der Waals surface area (Å²) in [6, 6.07) is 5.36. The minimum Gasteiger partial charge on any atom is -0.464 e. The quantitative estimate of drug-likeness (QED) is 0.499. The molecule has 4 atom stereocenters. The highest BCUT2D eigenvalue weighted by atomic mass is 32.1. The van der Waals surface area contributed by atoms with Crippen molar-refractivity contribution >= 4 is 39.3 Å². The van der Waals surface area contributed by atoms with Gasteiger partial charge in [0, 0.05) is 30.9 Å². The fraction of sp³-hybridized carbons (Fsp3) is 0.476. The van der Waals surface area contributed by atoms with Crippen LogP contribution in [0.3, 0.4) is 0 Å². The van der Waals surface area contributed by atoms with Crippen molar-refractivity contribution in [3.63, 3.8) is 0 Å². The lowest BCUT2D eigenvalue weighted by molar-refractivity contribution is -0.245. The van der Waals surface area contributed by atoms with E-state index in [2.05, 4.69) is 0 Å². The number of benzene rings is 1. The van der Waals surface area contributed by atoms with E-state index in [1.807, 2.05) is 11.4 Å². The molecule has 1 aliphatic rings. The minimum absolute atomic E-state index is 0.0970. The van der Waals surface area contributed by atoms with Gasteiger partial charge in [0.25, 0.3) is 0 Å². The molecule has 1 fully saturated rings. The molecule has 31 heavy (non-hydrogen) atoms. The number of hydrogen-bond donors (Lipinski definition) is 1. The highest BCUT2D eigenvalue weighted by Gasteiger charge is 2.44. The van der Waals surface area contributed by atoms with Crippen molar-refractivity contribution < 1.29 is 43.2 Å². The molecule has 1 aromatic carbocycles. The van der Waals surface area contributed by atoms with Crippen molar-refractivity contribution in [2.24, 2.45) is 0 Å². The molecule has 0 unspecified atom stereocenters. The molecular formula is C21H24O9S. The van der Waals surface area contributed by atoms with E-state index >= 15 is 0 Å². The summed E-state index contributed by atoms with van der Waals surface area (Å²) in [6.07, 6.45) is -3.47. The molecule has 0 aliphatic carbocycles. The Morgan fingerprint density at radius 3 is 2.48 bits per heavy atom. The number of carbonyl (C=O) groups is 3. The van der Waals surface area contributed by atoms with Gasteiger partial charge in [-0.25, -0.2) is 0 Å². The summed E-state index contributed by atoms with van der Waals surface area (Å²) in [7, 11) is 0. The maximum atomic E-state index is 11.6. The second-order valence-corrected chi connectivity index (χ2v) is 7.94. The summed E-state index contributed by atoms with van der Waals surface area (Å²) in [5.41, 5.74) is 0.780. The van der Waals surface area contributed by atoms with Crippen LogP contribution in [0.15, 0.2) is 23.6 Å². The first-order chi connectivity index (χ1) is 14.8. The third-order valence-corrected chi connectivity index (χ3v) is 5.63. The van der Waals surface area contributed by atoms with Crippen molar-refractivity contribution in [3.05, 3.63) is 29.1 Å². The van der Waals surface area contributed by atoms with Crippen LogP contribution in [0.2, 0.25) is 0 Å². The van der Waals surface area contributed by atoms with Crippen LogP contribution in [-0.4, -0.2) is 54.2 Å². The molecule has 0 amide bonds. The predicted molar refractivity (Wildman–Crippen MR) is 109 cm³/mol. The van der Waals surface area contributed by atoms with Crippen LogP contribution in [0, 0.1) is 0 Å². The monoisotopic (exact) mass is 452 g/mol. The van der Waals surface area contributed by atoms with Crippen LogP contribution >= 0.6 is 11.3 Å². The van der Waals surface area contributed by atoms with E-state index in [1.165, 1.54) is 32.1 Å². The number of aliphatic hydroxyl groups is 1. The molecule has 10 heteroatoms. The second-order valence-electron chi connectivity index (χ2n) is 7.03. The van der Waals surface area contributed by atoms with E-state index in [0.29, 0.717) is 5.75 Å². The molecule has 3 rings (SSSR count). The Bertz CT molecular complexity index is 953. The van der Waals surface area contributed by atoms with Crippen LogP contribution < -0.4 is 4.74 Å². The van der Waals surface area contributed by atoms with Gasteiger partial charge < -0.3 is 28.8 Å². The molecule has 1 aliphatic heterocycles. The topological polar surface area (TPSA) is 118 Å². The number of ether oxygens (including phenoxy) is 5. The fourth-order valence-corrected chi connectivity index (χ4v) is 4.35. The molecule has 2 aromatic rings. The molecular weight excluding hydrogens is 428 g/mol. The van der Waals surface area contributed by atoms with Gasteiger partial charge in [0.2, 0.25) is 6.29 Å². The Kier molecular flexibility index (Phi) is 7.47. The average molecular weight is 452 g/mol. The van der Waals surface area contributed by atoms with Gasteiger partial charge in [-0.05, 0) is 23.1 Å². The van der Waals surface area contributed by atoms with Gasteiger partial charge >= 0.3 is 17.9 Å². The lowest BCUT2D eigenvalue weighted by atomic mass is 10.0. The highest BCUT2D eigenvalue weighted by molar-refractivity contribution is 7.17. The highest BCUT2D eigenvalue weighted by Crippen LogP contribution is 2.35. The third kappa shape index (κ3) is 5.72.